The van der Waals surface area contributed by atoms with Gasteiger partial charge in [-0.2, -0.15) is 5.10 Å². The normalized spacial score (nSPS) is 21.3. The van der Waals surface area contributed by atoms with Gasteiger partial charge in [0, 0.05) is 47.0 Å². The third-order valence-electron chi connectivity index (χ3n) is 5.93. The van der Waals surface area contributed by atoms with Crippen LogP contribution in [-0.2, 0) is 4.79 Å². The molecule has 1 aromatic heterocycles. The Labute approximate surface area is 209 Å². The van der Waals surface area contributed by atoms with E-state index in [0.29, 0.717) is 23.0 Å². The summed E-state index contributed by atoms with van der Waals surface area (Å²) in [6, 6.07) is 13.1. The number of hydrogen-bond acceptors (Lipinski definition) is 6. The molecule has 176 valence electrons. The molecule has 8 heteroatoms. The lowest BCUT2D eigenvalue weighted by Gasteiger charge is -2.27. The largest absolute Gasteiger partial charge is 0.321 e. The zero-order valence-electron chi connectivity index (χ0n) is 19.5. The number of allylic oxidation sites excluding steroid dienone is 3. The first-order valence-corrected chi connectivity index (χ1v) is 11.9. The zero-order valence-corrected chi connectivity index (χ0v) is 20.3. The Balaban J connectivity index is 1.52. The van der Waals surface area contributed by atoms with Gasteiger partial charge in [-0.05, 0) is 80.0 Å². The van der Waals surface area contributed by atoms with E-state index < -0.39 is 0 Å². The fourth-order valence-electron chi connectivity index (χ4n) is 4.27. The molecule has 1 N–H and O–H groups in total. The second-order valence-electron chi connectivity index (χ2n) is 8.63. The lowest BCUT2D eigenvalue weighted by molar-refractivity contribution is -0.110. The van der Waals surface area contributed by atoms with Crippen LogP contribution in [0, 0.1) is 6.92 Å². The van der Waals surface area contributed by atoms with Crippen LogP contribution in [0.25, 0.3) is 0 Å². The summed E-state index contributed by atoms with van der Waals surface area (Å²) >= 11 is 6.09. The lowest BCUT2D eigenvalue weighted by atomic mass is 9.85. The van der Waals surface area contributed by atoms with Gasteiger partial charge in [-0.25, -0.2) is 5.01 Å². The van der Waals surface area contributed by atoms with Crippen molar-refractivity contribution in [1.29, 1.82) is 0 Å². The van der Waals surface area contributed by atoms with Crippen LogP contribution < -0.4 is 5.32 Å². The van der Waals surface area contributed by atoms with Crippen LogP contribution in [-0.4, -0.2) is 46.2 Å². The summed E-state index contributed by atoms with van der Waals surface area (Å²) in [5.74, 6) is 0.475. The van der Waals surface area contributed by atoms with E-state index in [4.69, 9.17) is 16.6 Å². The highest BCUT2D eigenvalue weighted by Gasteiger charge is 2.27. The molecule has 7 nitrogen and oxygen atoms in total. The van der Waals surface area contributed by atoms with Crippen LogP contribution >= 0.6 is 11.6 Å². The maximum absolute atomic E-state index is 13.2. The van der Waals surface area contributed by atoms with Gasteiger partial charge in [-0.15, -0.1) is 0 Å². The highest BCUT2D eigenvalue weighted by Crippen LogP contribution is 2.35. The molecule has 2 aromatic rings. The SMILES string of the molecule is Cc1cccc(C2CCN=C(C(=O)Nc3cccc(Cl)c3)C=C2C2=CN3N=CC(C)N=C3C=C2)n1. The smallest absolute Gasteiger partial charge is 0.273 e. The molecule has 4 heterocycles. The first kappa shape index (κ1) is 22.9. The molecule has 1 amide bonds. The van der Waals surface area contributed by atoms with Crippen molar-refractivity contribution in [1.82, 2.24) is 9.99 Å². The number of hydrogen-bond donors (Lipinski definition) is 1. The molecule has 2 unspecified atom stereocenters. The van der Waals surface area contributed by atoms with Crippen LogP contribution in [0.3, 0.4) is 0 Å². The molecule has 3 aliphatic heterocycles. The van der Waals surface area contributed by atoms with Crippen molar-refractivity contribution in [2.45, 2.75) is 32.2 Å². The van der Waals surface area contributed by atoms with Crippen molar-refractivity contribution in [2.24, 2.45) is 15.1 Å². The molecule has 0 radical (unpaired) electrons. The fraction of sp³-hybridized carbons (Fsp3) is 0.222. The predicted octanol–water partition coefficient (Wildman–Crippen LogP) is 5.08. The van der Waals surface area contributed by atoms with Crippen molar-refractivity contribution in [3.05, 3.63) is 94.4 Å². The van der Waals surface area contributed by atoms with Crippen LogP contribution in [0.2, 0.25) is 5.02 Å². The van der Waals surface area contributed by atoms with E-state index in [9.17, 15) is 4.79 Å². The quantitative estimate of drug-likeness (QED) is 0.657. The minimum absolute atomic E-state index is 0.0304. The number of carbonyl (C=O) groups excluding carboxylic acids is 1. The number of amides is 1. The average Bonchev–Trinajstić information content (AvgIpc) is 3.07. The van der Waals surface area contributed by atoms with E-state index in [2.05, 4.69) is 20.4 Å². The molecule has 0 fully saturated rings. The van der Waals surface area contributed by atoms with Gasteiger partial charge in [0.2, 0.25) is 0 Å². The van der Waals surface area contributed by atoms with Crippen molar-refractivity contribution in [3.63, 3.8) is 0 Å². The number of pyridine rings is 1. The maximum Gasteiger partial charge on any atom is 0.273 e. The molecule has 0 saturated carbocycles. The topological polar surface area (TPSA) is 82.3 Å². The highest BCUT2D eigenvalue weighted by molar-refractivity contribution is 6.47. The van der Waals surface area contributed by atoms with E-state index in [0.717, 1.165) is 34.8 Å². The van der Waals surface area contributed by atoms with Crippen LogP contribution in [0.1, 0.15) is 30.7 Å². The van der Waals surface area contributed by atoms with E-state index in [-0.39, 0.29) is 17.9 Å². The predicted molar refractivity (Wildman–Crippen MR) is 141 cm³/mol. The molecule has 1 aromatic carbocycles. The molecule has 3 aliphatic rings. The third kappa shape index (κ3) is 5.15. The number of aromatic nitrogens is 1. The Morgan fingerprint density at radius 2 is 2.03 bits per heavy atom. The minimum atomic E-state index is -0.282. The summed E-state index contributed by atoms with van der Waals surface area (Å²) in [6.45, 7) is 4.48. The number of hydrazone groups is 1. The number of fused-ring (bicyclic) bond motifs is 1. The van der Waals surface area contributed by atoms with Crippen molar-refractivity contribution < 1.29 is 4.79 Å². The molecule has 5 rings (SSSR count). The number of anilines is 1. The number of nitrogens with zero attached hydrogens (tertiary/aromatic N) is 5. The number of rotatable bonds is 4. The van der Waals surface area contributed by atoms with Gasteiger partial charge in [0.1, 0.15) is 11.5 Å². The van der Waals surface area contributed by atoms with E-state index >= 15 is 0 Å². The molecule has 0 spiro atoms. The zero-order chi connectivity index (χ0) is 24.4. The number of aliphatic imine (C=N–C) groups is 2. The van der Waals surface area contributed by atoms with Gasteiger partial charge in [0.15, 0.2) is 0 Å². The van der Waals surface area contributed by atoms with Gasteiger partial charge < -0.3 is 5.32 Å². The number of benzene rings is 1. The number of carbonyl (C=O) groups is 1. The second-order valence-corrected chi connectivity index (χ2v) is 9.07. The maximum atomic E-state index is 13.2. The van der Waals surface area contributed by atoms with Gasteiger partial charge in [-0.3, -0.25) is 19.8 Å². The summed E-state index contributed by atoms with van der Waals surface area (Å²) in [5.41, 5.74) is 4.78. The van der Waals surface area contributed by atoms with Crippen LogP contribution in [0.4, 0.5) is 5.69 Å². The fourth-order valence-corrected chi connectivity index (χ4v) is 4.46. The monoisotopic (exact) mass is 484 g/mol. The van der Waals surface area contributed by atoms with Crippen LogP contribution in [0.5, 0.6) is 0 Å². The highest BCUT2D eigenvalue weighted by atomic mass is 35.5. The summed E-state index contributed by atoms with van der Waals surface area (Å²) in [6.07, 6.45) is 10.3. The first-order valence-electron chi connectivity index (χ1n) is 11.5. The second kappa shape index (κ2) is 9.80. The Kier molecular flexibility index (Phi) is 6.42. The molecular weight excluding hydrogens is 460 g/mol. The average molecular weight is 485 g/mol. The number of halogens is 1. The van der Waals surface area contributed by atoms with E-state index in [1.165, 1.54) is 0 Å². The van der Waals surface area contributed by atoms with Crippen molar-refractivity contribution >= 4 is 41.0 Å². The Hall–Kier alpha value is -3.84. The number of aryl methyl sites for hydroxylation is 1. The van der Waals surface area contributed by atoms with Crippen molar-refractivity contribution in [3.8, 4) is 0 Å². The van der Waals surface area contributed by atoms with Gasteiger partial charge in [0.25, 0.3) is 5.91 Å². The van der Waals surface area contributed by atoms with Crippen LogP contribution in [0.15, 0.2) is 93.1 Å². The standard InChI is InChI=1S/C27H25ClN6O/c1-17-5-3-8-24(31-17)22-11-12-29-25(27(35)33-21-7-4-6-20(28)13-21)14-23(22)19-9-10-26-32-18(2)15-30-34(26)16-19/h3-10,13-16,18,22H,11-12H2,1-2H3,(H,33,35). The molecular formula is C27H25ClN6O. The molecule has 0 bridgehead atoms. The first-order chi connectivity index (χ1) is 17.0. The molecule has 0 aliphatic carbocycles. The Morgan fingerprint density at radius 3 is 2.86 bits per heavy atom. The molecule has 0 saturated heterocycles. The minimum Gasteiger partial charge on any atom is -0.321 e. The van der Waals surface area contributed by atoms with Gasteiger partial charge in [-0.1, -0.05) is 23.7 Å². The summed E-state index contributed by atoms with van der Waals surface area (Å²) in [4.78, 5) is 27.2. The number of nitrogens with one attached hydrogen (secondary N) is 1. The molecule has 2 atom stereocenters. The lowest BCUT2D eigenvalue weighted by Crippen LogP contribution is -2.28. The van der Waals surface area contributed by atoms with Gasteiger partial charge in [0.05, 0.1) is 6.04 Å². The van der Waals surface area contributed by atoms with Gasteiger partial charge >= 0.3 is 0 Å². The van der Waals surface area contributed by atoms with E-state index in [1.54, 1.807) is 29.3 Å². The molecule has 35 heavy (non-hydrogen) atoms. The number of amidine groups is 1. The Morgan fingerprint density at radius 1 is 1.17 bits per heavy atom. The van der Waals surface area contributed by atoms with E-state index in [1.807, 2.05) is 62.7 Å². The summed E-state index contributed by atoms with van der Waals surface area (Å²) in [7, 11) is 0. The summed E-state index contributed by atoms with van der Waals surface area (Å²) in [5, 5.41) is 9.75. The Bertz CT molecular complexity index is 1350. The third-order valence-corrected chi connectivity index (χ3v) is 6.17. The van der Waals surface area contributed by atoms with Crippen molar-refractivity contribution in [2.75, 3.05) is 11.9 Å². The summed E-state index contributed by atoms with van der Waals surface area (Å²) < 4.78 is 0.